The number of hydrogen-bond donors (Lipinski definition) is 4. The summed E-state index contributed by atoms with van der Waals surface area (Å²) in [5, 5.41) is 5.88. The molecule has 2 aliphatic rings. The smallest absolute Gasteiger partial charge is 0.315 e. The van der Waals surface area contributed by atoms with E-state index in [2.05, 4.69) is 25.6 Å². The minimum absolute atomic E-state index is 0.144. The summed E-state index contributed by atoms with van der Waals surface area (Å²) in [6, 6.07) is 1.21. The van der Waals surface area contributed by atoms with Gasteiger partial charge in [0.15, 0.2) is 5.65 Å². The van der Waals surface area contributed by atoms with E-state index < -0.39 is 41.3 Å². The molecule has 11 nitrogen and oxygen atoms in total. The molecule has 0 spiro atoms. The van der Waals surface area contributed by atoms with Gasteiger partial charge in [0.25, 0.3) is 0 Å². The Balaban J connectivity index is 1.49. The minimum Gasteiger partial charge on any atom is -0.369 e. The molecule has 14 heteroatoms. The number of primary amides is 2. The molecule has 3 aromatic rings. The van der Waals surface area contributed by atoms with Gasteiger partial charge >= 0.3 is 6.03 Å². The second-order valence-corrected chi connectivity index (χ2v) is 12.2. The van der Waals surface area contributed by atoms with Crippen LogP contribution in [0.5, 0.6) is 0 Å². The average Bonchev–Trinajstić information content (AvgIpc) is 3.28. The van der Waals surface area contributed by atoms with E-state index in [9.17, 15) is 18.4 Å². The molecular formula is C28H36F3N9O2. The number of imidazole rings is 1. The van der Waals surface area contributed by atoms with Crippen LogP contribution in [-0.2, 0) is 4.79 Å². The third kappa shape index (κ3) is 5.66. The molecule has 1 aliphatic heterocycles. The van der Waals surface area contributed by atoms with E-state index >= 15 is 4.39 Å². The molecule has 1 saturated heterocycles. The SMILES string of the molecule is CC(C)(C)C1[C@H](F)[C@@H](Nc2ncc3nc(Nc4c(F)cccc4F)n(C4CCC(C(N)=O)CC4)c3n2)CCN1C(N)=O. The Morgan fingerprint density at radius 2 is 1.69 bits per heavy atom. The first-order valence-corrected chi connectivity index (χ1v) is 14.1. The van der Waals surface area contributed by atoms with Gasteiger partial charge in [-0.25, -0.2) is 27.9 Å². The second-order valence-electron chi connectivity index (χ2n) is 12.2. The van der Waals surface area contributed by atoms with Crippen molar-refractivity contribution in [3.05, 3.63) is 36.0 Å². The number of nitrogens with one attached hydrogen (secondary N) is 2. The lowest BCUT2D eigenvalue weighted by Gasteiger charge is -2.47. The van der Waals surface area contributed by atoms with Crippen molar-refractivity contribution in [3.63, 3.8) is 0 Å². The molecular weight excluding hydrogens is 551 g/mol. The summed E-state index contributed by atoms with van der Waals surface area (Å²) in [5.41, 5.74) is 10.9. The van der Waals surface area contributed by atoms with Gasteiger partial charge in [0, 0.05) is 18.5 Å². The molecule has 3 amide bonds. The zero-order valence-electron chi connectivity index (χ0n) is 23.8. The summed E-state index contributed by atoms with van der Waals surface area (Å²) in [7, 11) is 0. The van der Waals surface area contributed by atoms with E-state index in [-0.39, 0.29) is 48.4 Å². The predicted octanol–water partition coefficient (Wildman–Crippen LogP) is 4.38. The van der Waals surface area contributed by atoms with Crippen LogP contribution >= 0.6 is 0 Å². The zero-order valence-corrected chi connectivity index (χ0v) is 23.8. The fraction of sp³-hybridized carbons (Fsp3) is 0.536. The highest BCUT2D eigenvalue weighted by atomic mass is 19.1. The number of alkyl halides is 1. The van der Waals surface area contributed by atoms with E-state index in [0.717, 1.165) is 12.1 Å². The van der Waals surface area contributed by atoms with E-state index in [1.807, 2.05) is 20.8 Å². The number of para-hydroxylation sites is 1. The highest BCUT2D eigenvalue weighted by Crippen LogP contribution is 2.38. The van der Waals surface area contributed by atoms with Crippen molar-refractivity contribution in [2.75, 3.05) is 17.2 Å². The summed E-state index contributed by atoms with van der Waals surface area (Å²) in [6.07, 6.45) is 2.50. The van der Waals surface area contributed by atoms with Gasteiger partial charge in [0.2, 0.25) is 17.8 Å². The monoisotopic (exact) mass is 587 g/mol. The molecule has 0 radical (unpaired) electrons. The number of aromatic nitrogens is 4. The van der Waals surface area contributed by atoms with Gasteiger partial charge in [0.1, 0.15) is 29.0 Å². The van der Waals surface area contributed by atoms with Gasteiger partial charge in [-0.1, -0.05) is 26.8 Å². The lowest BCUT2D eigenvalue weighted by atomic mass is 9.78. The Labute approximate surface area is 241 Å². The maximum atomic E-state index is 15.9. The molecule has 5 rings (SSSR count). The zero-order chi connectivity index (χ0) is 30.3. The predicted molar refractivity (Wildman–Crippen MR) is 152 cm³/mol. The van der Waals surface area contributed by atoms with Gasteiger partial charge in [-0.05, 0) is 49.7 Å². The quantitative estimate of drug-likeness (QED) is 0.333. The Morgan fingerprint density at radius 3 is 2.29 bits per heavy atom. The highest BCUT2D eigenvalue weighted by Gasteiger charge is 2.46. The number of fused-ring (bicyclic) bond motifs is 1. The molecule has 6 N–H and O–H groups in total. The van der Waals surface area contributed by atoms with Crippen molar-refractivity contribution in [2.24, 2.45) is 22.8 Å². The number of nitrogens with zero attached hydrogens (tertiary/aromatic N) is 5. The number of amides is 3. The number of hydrogen-bond acceptors (Lipinski definition) is 7. The summed E-state index contributed by atoms with van der Waals surface area (Å²) < 4.78 is 46.8. The van der Waals surface area contributed by atoms with Crippen molar-refractivity contribution in [1.82, 2.24) is 24.4 Å². The van der Waals surface area contributed by atoms with E-state index in [1.54, 1.807) is 4.57 Å². The van der Waals surface area contributed by atoms with Crippen LogP contribution in [0.2, 0.25) is 0 Å². The van der Waals surface area contributed by atoms with E-state index in [4.69, 9.17) is 11.5 Å². The first-order valence-electron chi connectivity index (χ1n) is 14.1. The number of piperidine rings is 1. The Bertz CT molecular complexity index is 1460. The molecule has 1 saturated carbocycles. The molecule has 2 fully saturated rings. The molecule has 3 heterocycles. The third-order valence-electron chi connectivity index (χ3n) is 8.28. The van der Waals surface area contributed by atoms with Crippen molar-refractivity contribution in [3.8, 4) is 0 Å². The number of urea groups is 1. The van der Waals surface area contributed by atoms with Crippen molar-refractivity contribution >= 4 is 40.7 Å². The number of carbonyl (C=O) groups is 2. The lowest BCUT2D eigenvalue weighted by molar-refractivity contribution is -0.122. The van der Waals surface area contributed by atoms with Crippen LogP contribution in [0.25, 0.3) is 11.2 Å². The molecule has 3 atom stereocenters. The van der Waals surface area contributed by atoms with Crippen molar-refractivity contribution in [2.45, 2.75) is 77.2 Å². The lowest BCUT2D eigenvalue weighted by Crippen LogP contribution is -2.62. The van der Waals surface area contributed by atoms with Crippen LogP contribution in [0.3, 0.4) is 0 Å². The molecule has 1 aliphatic carbocycles. The molecule has 0 bridgehead atoms. The summed E-state index contributed by atoms with van der Waals surface area (Å²) in [4.78, 5) is 38.7. The van der Waals surface area contributed by atoms with Crippen molar-refractivity contribution < 1.29 is 22.8 Å². The summed E-state index contributed by atoms with van der Waals surface area (Å²) >= 11 is 0. The first kappa shape index (κ1) is 29.4. The highest BCUT2D eigenvalue weighted by molar-refractivity contribution is 5.78. The fourth-order valence-corrected chi connectivity index (χ4v) is 6.22. The molecule has 42 heavy (non-hydrogen) atoms. The number of rotatable bonds is 6. The van der Waals surface area contributed by atoms with Crippen LogP contribution < -0.4 is 22.1 Å². The van der Waals surface area contributed by atoms with Crippen molar-refractivity contribution in [1.29, 1.82) is 0 Å². The van der Waals surface area contributed by atoms with Crippen LogP contribution in [0.4, 0.5) is 35.5 Å². The summed E-state index contributed by atoms with van der Waals surface area (Å²) in [6.45, 7) is 5.82. The molecule has 1 unspecified atom stereocenters. The molecule has 2 aromatic heterocycles. The Morgan fingerprint density at radius 1 is 1.02 bits per heavy atom. The standard InChI is InChI=1S/C28H36F3N9O2/c1-28(2,3)22-20(31)18(11-12-39(22)25(33)42)35-26-34-13-19-24(38-26)40(15-9-7-14(8-10-15)23(32)41)27(36-19)37-21-16(29)5-4-6-17(21)30/h4-6,13-15,18,20,22H,7-12H2,1-3H3,(H2,32,41)(H2,33,42)(H,36,37)(H,34,35,38)/t14?,15?,18-,20+,22?/m0/s1. The number of nitrogens with two attached hydrogens (primary N) is 2. The number of carbonyl (C=O) groups excluding carboxylic acids is 2. The van der Waals surface area contributed by atoms with Crippen LogP contribution in [-0.4, -0.2) is 61.2 Å². The second kappa shape index (κ2) is 11.3. The topological polar surface area (TPSA) is 157 Å². The number of anilines is 3. The van der Waals surface area contributed by atoms with E-state index in [1.165, 1.54) is 17.2 Å². The average molecular weight is 588 g/mol. The number of benzene rings is 1. The van der Waals surface area contributed by atoms with Crippen LogP contribution in [0.15, 0.2) is 24.4 Å². The maximum Gasteiger partial charge on any atom is 0.315 e. The number of halogens is 3. The number of likely N-dealkylation sites (tertiary alicyclic amines) is 1. The van der Waals surface area contributed by atoms with Gasteiger partial charge in [-0.2, -0.15) is 4.98 Å². The minimum atomic E-state index is -1.46. The molecule has 226 valence electrons. The van der Waals surface area contributed by atoms with Crippen LogP contribution in [0.1, 0.15) is 58.9 Å². The first-order chi connectivity index (χ1) is 19.8. The normalized spacial score (nSPS) is 24.9. The van der Waals surface area contributed by atoms with E-state index in [0.29, 0.717) is 36.8 Å². The van der Waals surface area contributed by atoms with Gasteiger partial charge in [0.05, 0.1) is 18.3 Å². The fourth-order valence-electron chi connectivity index (χ4n) is 6.22. The van der Waals surface area contributed by atoms with Gasteiger partial charge < -0.3 is 27.0 Å². The van der Waals surface area contributed by atoms with Gasteiger partial charge in [-0.3, -0.25) is 9.36 Å². The Kier molecular flexibility index (Phi) is 7.90. The third-order valence-corrected chi connectivity index (χ3v) is 8.28. The van der Waals surface area contributed by atoms with Gasteiger partial charge in [-0.15, -0.1) is 0 Å². The largest absolute Gasteiger partial charge is 0.369 e. The van der Waals surface area contributed by atoms with Crippen LogP contribution in [0, 0.1) is 23.0 Å². The molecule has 1 aromatic carbocycles. The maximum absolute atomic E-state index is 15.9. The Hall–Kier alpha value is -4.10. The summed E-state index contributed by atoms with van der Waals surface area (Å²) in [5.74, 6) is -1.89.